The summed E-state index contributed by atoms with van der Waals surface area (Å²) in [6.07, 6.45) is 0. The topological polar surface area (TPSA) is 89.4 Å². The summed E-state index contributed by atoms with van der Waals surface area (Å²) < 4.78 is 0. The number of anilines is 2. The number of hydrazone groups is 2. The Balaban J connectivity index is 1.87. The SMILES string of the molecule is CC1=NN(C(=O)Nc2c(C(C)C)cccc2C(C)C)C(C)=NN1C(=O)Nc1c(C(C)C)cccc1C(C)C. The zero-order chi connectivity index (χ0) is 28.3. The second-order valence-corrected chi connectivity index (χ2v) is 11.0. The first-order valence-corrected chi connectivity index (χ1v) is 13.4. The Morgan fingerprint density at radius 1 is 0.579 bits per heavy atom. The third-order valence-corrected chi connectivity index (χ3v) is 6.70. The number of carbonyl (C=O) groups is 2. The molecule has 1 aliphatic rings. The molecule has 0 spiro atoms. The summed E-state index contributed by atoms with van der Waals surface area (Å²) in [5.74, 6) is 1.50. The van der Waals surface area contributed by atoms with Crippen molar-refractivity contribution < 1.29 is 9.59 Å². The van der Waals surface area contributed by atoms with Crippen LogP contribution < -0.4 is 10.6 Å². The molecule has 3 rings (SSSR count). The van der Waals surface area contributed by atoms with Crippen molar-refractivity contribution in [2.24, 2.45) is 10.2 Å². The van der Waals surface area contributed by atoms with Gasteiger partial charge >= 0.3 is 12.1 Å². The zero-order valence-electron chi connectivity index (χ0n) is 24.4. The van der Waals surface area contributed by atoms with E-state index in [1.807, 2.05) is 36.4 Å². The van der Waals surface area contributed by atoms with Gasteiger partial charge in [0.1, 0.15) is 0 Å². The van der Waals surface area contributed by atoms with Gasteiger partial charge < -0.3 is 10.6 Å². The number of hydrogen-bond donors (Lipinski definition) is 2. The van der Waals surface area contributed by atoms with Gasteiger partial charge in [-0.2, -0.15) is 10.0 Å². The number of para-hydroxylation sites is 2. The molecule has 0 aliphatic carbocycles. The quantitative estimate of drug-likeness (QED) is 0.403. The second-order valence-electron chi connectivity index (χ2n) is 11.0. The Kier molecular flexibility index (Phi) is 8.97. The highest BCUT2D eigenvalue weighted by atomic mass is 16.2. The molecule has 0 bridgehead atoms. The van der Waals surface area contributed by atoms with Crippen molar-refractivity contribution in [1.29, 1.82) is 0 Å². The highest BCUT2D eigenvalue weighted by Gasteiger charge is 2.29. The molecular weight excluding hydrogens is 476 g/mol. The van der Waals surface area contributed by atoms with E-state index in [1.54, 1.807) is 13.8 Å². The van der Waals surface area contributed by atoms with Crippen molar-refractivity contribution in [3.05, 3.63) is 58.7 Å². The van der Waals surface area contributed by atoms with Crippen LogP contribution in [0.1, 0.15) is 115 Å². The summed E-state index contributed by atoms with van der Waals surface area (Å²) in [5.41, 5.74) is 5.83. The highest BCUT2D eigenvalue weighted by molar-refractivity contribution is 6.09. The van der Waals surface area contributed by atoms with E-state index < -0.39 is 12.1 Å². The van der Waals surface area contributed by atoms with Gasteiger partial charge in [0.2, 0.25) is 0 Å². The van der Waals surface area contributed by atoms with Crippen LogP contribution in [0.3, 0.4) is 0 Å². The minimum atomic E-state index is -0.423. The van der Waals surface area contributed by atoms with Gasteiger partial charge in [-0.25, -0.2) is 9.59 Å². The van der Waals surface area contributed by atoms with Crippen LogP contribution in [0.4, 0.5) is 21.0 Å². The molecule has 2 N–H and O–H groups in total. The number of nitrogens with zero attached hydrogens (tertiary/aromatic N) is 4. The molecule has 204 valence electrons. The monoisotopic (exact) mass is 518 g/mol. The van der Waals surface area contributed by atoms with E-state index in [0.717, 1.165) is 33.6 Å². The lowest BCUT2D eigenvalue weighted by Crippen LogP contribution is -2.45. The Bertz CT molecular complexity index is 1110. The predicted octanol–water partition coefficient (Wildman–Crippen LogP) is 8.23. The lowest BCUT2D eigenvalue weighted by atomic mass is 9.93. The number of hydrogen-bond acceptors (Lipinski definition) is 4. The van der Waals surface area contributed by atoms with Gasteiger partial charge in [-0.3, -0.25) is 0 Å². The molecule has 0 fully saturated rings. The smallest absolute Gasteiger partial charge is 0.305 e. The van der Waals surface area contributed by atoms with E-state index in [1.165, 1.54) is 10.0 Å². The first-order chi connectivity index (χ1) is 17.8. The van der Waals surface area contributed by atoms with Gasteiger partial charge in [0.15, 0.2) is 11.7 Å². The van der Waals surface area contributed by atoms with E-state index in [4.69, 9.17) is 0 Å². The van der Waals surface area contributed by atoms with Crippen molar-refractivity contribution in [3.63, 3.8) is 0 Å². The molecule has 0 atom stereocenters. The second kappa shape index (κ2) is 11.8. The number of carbonyl (C=O) groups excluding carboxylic acids is 2. The Morgan fingerprint density at radius 2 is 0.842 bits per heavy atom. The fourth-order valence-corrected chi connectivity index (χ4v) is 4.61. The molecule has 0 saturated carbocycles. The fraction of sp³-hybridized carbons (Fsp3) is 0.467. The standard InChI is InChI=1S/C30H42N6O2/c1-17(2)23-13-11-14-24(18(3)4)27(23)31-29(37)35-21(9)34-36(22(10)33-35)30(38)32-28-25(19(5)6)15-12-16-26(28)20(7)8/h11-20H,1-10H3,(H,31,37)(H,32,38). The summed E-state index contributed by atoms with van der Waals surface area (Å²) in [6.45, 7) is 20.1. The molecule has 1 aliphatic heterocycles. The minimum Gasteiger partial charge on any atom is -0.305 e. The largest absolute Gasteiger partial charge is 0.348 e. The Morgan fingerprint density at radius 3 is 1.08 bits per heavy atom. The third-order valence-electron chi connectivity index (χ3n) is 6.70. The van der Waals surface area contributed by atoms with Crippen LogP contribution in [0.5, 0.6) is 0 Å². The van der Waals surface area contributed by atoms with Crippen LogP contribution in [0, 0.1) is 0 Å². The number of benzene rings is 2. The molecule has 4 amide bonds. The average molecular weight is 519 g/mol. The normalized spacial score (nSPS) is 13.8. The lowest BCUT2D eigenvalue weighted by molar-refractivity contribution is 0.223. The van der Waals surface area contributed by atoms with Gasteiger partial charge in [0, 0.05) is 11.4 Å². The van der Waals surface area contributed by atoms with Crippen LogP contribution >= 0.6 is 0 Å². The van der Waals surface area contributed by atoms with Crippen molar-refractivity contribution >= 4 is 35.1 Å². The molecule has 0 unspecified atom stereocenters. The molecule has 0 radical (unpaired) electrons. The number of amidine groups is 2. The molecule has 0 saturated heterocycles. The number of amides is 4. The molecule has 2 aromatic carbocycles. The third kappa shape index (κ3) is 6.06. The average Bonchev–Trinajstić information content (AvgIpc) is 2.84. The van der Waals surface area contributed by atoms with Crippen molar-refractivity contribution in [1.82, 2.24) is 10.0 Å². The lowest BCUT2D eigenvalue weighted by Gasteiger charge is -2.29. The van der Waals surface area contributed by atoms with E-state index in [9.17, 15) is 9.59 Å². The van der Waals surface area contributed by atoms with Gasteiger partial charge in [-0.15, -0.1) is 10.2 Å². The van der Waals surface area contributed by atoms with Gasteiger partial charge in [0.05, 0.1) is 0 Å². The fourth-order valence-electron chi connectivity index (χ4n) is 4.61. The summed E-state index contributed by atoms with van der Waals surface area (Å²) in [4.78, 5) is 26.8. The number of nitrogens with one attached hydrogen (secondary N) is 2. The highest BCUT2D eigenvalue weighted by Crippen LogP contribution is 2.34. The van der Waals surface area contributed by atoms with Crippen LogP contribution in [0.2, 0.25) is 0 Å². The molecule has 8 nitrogen and oxygen atoms in total. The van der Waals surface area contributed by atoms with Gasteiger partial charge in [0.25, 0.3) is 0 Å². The van der Waals surface area contributed by atoms with Gasteiger partial charge in [-0.05, 0) is 59.8 Å². The molecule has 0 aromatic heterocycles. The maximum atomic E-state index is 13.4. The molecule has 38 heavy (non-hydrogen) atoms. The maximum absolute atomic E-state index is 13.4. The van der Waals surface area contributed by atoms with Crippen LogP contribution in [0.15, 0.2) is 46.6 Å². The van der Waals surface area contributed by atoms with E-state index in [0.29, 0.717) is 0 Å². The van der Waals surface area contributed by atoms with Crippen LogP contribution in [0.25, 0.3) is 0 Å². The Labute approximate surface area is 227 Å². The first kappa shape index (κ1) is 28.9. The maximum Gasteiger partial charge on any atom is 0.348 e. The van der Waals surface area contributed by atoms with Gasteiger partial charge in [-0.1, -0.05) is 91.8 Å². The minimum absolute atomic E-state index is 0.231. The van der Waals surface area contributed by atoms with E-state index in [2.05, 4.69) is 76.2 Å². The summed E-state index contributed by atoms with van der Waals surface area (Å²) in [7, 11) is 0. The van der Waals surface area contributed by atoms with Crippen LogP contribution in [-0.4, -0.2) is 33.8 Å². The summed E-state index contributed by atoms with van der Waals surface area (Å²) in [6, 6.07) is 11.3. The van der Waals surface area contributed by atoms with Crippen molar-refractivity contribution in [2.45, 2.75) is 92.9 Å². The van der Waals surface area contributed by atoms with Crippen LogP contribution in [-0.2, 0) is 0 Å². The van der Waals surface area contributed by atoms with Crippen molar-refractivity contribution in [3.8, 4) is 0 Å². The van der Waals surface area contributed by atoms with Crippen molar-refractivity contribution in [2.75, 3.05) is 10.6 Å². The number of urea groups is 2. The van der Waals surface area contributed by atoms with E-state index >= 15 is 0 Å². The first-order valence-electron chi connectivity index (χ1n) is 13.4. The Hall–Kier alpha value is -3.68. The number of rotatable bonds is 6. The zero-order valence-corrected chi connectivity index (χ0v) is 24.4. The van der Waals surface area contributed by atoms with E-state index in [-0.39, 0.29) is 35.3 Å². The molecule has 1 heterocycles. The summed E-state index contributed by atoms with van der Waals surface area (Å²) in [5, 5.41) is 17.4. The molecule has 8 heteroatoms. The molecular formula is C30H42N6O2. The molecule has 2 aromatic rings. The predicted molar refractivity (Wildman–Crippen MR) is 157 cm³/mol. The summed E-state index contributed by atoms with van der Waals surface area (Å²) >= 11 is 0.